The molecular weight excluding hydrogens is 292 g/mol. The van der Waals surface area contributed by atoms with Crippen LogP contribution in [0, 0.1) is 6.92 Å². The van der Waals surface area contributed by atoms with Crippen molar-refractivity contribution in [1.82, 2.24) is 9.80 Å². The normalized spacial score (nSPS) is 18.1. The van der Waals surface area contributed by atoms with E-state index in [4.69, 9.17) is 0 Å². The van der Waals surface area contributed by atoms with Gasteiger partial charge in [0.1, 0.15) is 0 Å². The highest BCUT2D eigenvalue weighted by molar-refractivity contribution is 4.78. The summed E-state index contributed by atoms with van der Waals surface area (Å²) in [5.41, 5.74) is 0. The van der Waals surface area contributed by atoms with E-state index in [2.05, 4.69) is 30.6 Å². The Hall–Kier alpha value is -0.0800. The van der Waals surface area contributed by atoms with Gasteiger partial charge in [-0.1, -0.05) is 84.5 Å². The Labute approximate surface area is 153 Å². The highest BCUT2D eigenvalue weighted by atomic mass is 15.3. The highest BCUT2D eigenvalue weighted by Crippen LogP contribution is 2.18. The molecule has 1 aliphatic heterocycles. The number of nitrogens with zero attached hydrogens (tertiary/aromatic N) is 2. The molecule has 1 fully saturated rings. The van der Waals surface area contributed by atoms with E-state index in [1.54, 1.807) is 0 Å². The van der Waals surface area contributed by atoms with Gasteiger partial charge in [0.05, 0.1) is 0 Å². The maximum absolute atomic E-state index is 4.03. The number of unbranched alkanes of at least 4 members (excludes halogenated alkanes) is 9. The van der Waals surface area contributed by atoms with Crippen LogP contribution in [0.25, 0.3) is 0 Å². The zero-order valence-electron chi connectivity index (χ0n) is 16.9. The van der Waals surface area contributed by atoms with E-state index in [1.165, 1.54) is 110 Å². The van der Waals surface area contributed by atoms with Gasteiger partial charge in [0, 0.05) is 32.2 Å². The van der Waals surface area contributed by atoms with Gasteiger partial charge in [0.25, 0.3) is 0 Å². The van der Waals surface area contributed by atoms with Gasteiger partial charge < -0.3 is 4.90 Å². The number of hydrogen-bond acceptors (Lipinski definition) is 2. The maximum Gasteiger partial charge on any atom is 0.0113 e. The molecule has 1 unspecified atom stereocenters. The van der Waals surface area contributed by atoms with E-state index >= 15 is 0 Å². The lowest BCUT2D eigenvalue weighted by molar-refractivity contribution is 0.0924. The van der Waals surface area contributed by atoms with Gasteiger partial charge >= 0.3 is 0 Å². The van der Waals surface area contributed by atoms with Gasteiger partial charge in [-0.2, -0.15) is 0 Å². The van der Waals surface area contributed by atoms with Crippen LogP contribution in [0.1, 0.15) is 97.3 Å². The van der Waals surface area contributed by atoms with Crippen LogP contribution in [0.3, 0.4) is 0 Å². The number of hydrogen-bond donors (Lipinski definition) is 0. The minimum absolute atomic E-state index is 0.844. The van der Waals surface area contributed by atoms with Gasteiger partial charge in [-0.3, -0.25) is 4.90 Å². The molecule has 0 bridgehead atoms. The predicted molar refractivity (Wildman–Crippen MR) is 109 cm³/mol. The summed E-state index contributed by atoms with van der Waals surface area (Å²) in [7, 11) is 0. The first-order valence-electron chi connectivity index (χ1n) is 11.1. The van der Waals surface area contributed by atoms with Crippen molar-refractivity contribution in [3.8, 4) is 0 Å². The monoisotopic (exact) mass is 337 g/mol. The molecule has 1 heterocycles. The smallest absolute Gasteiger partial charge is 0.0113 e. The summed E-state index contributed by atoms with van der Waals surface area (Å²) in [6, 6.07) is 0.844. The van der Waals surface area contributed by atoms with Crippen LogP contribution in [-0.4, -0.2) is 48.6 Å². The Morgan fingerprint density at radius 3 is 1.71 bits per heavy atom. The molecule has 0 amide bonds. The van der Waals surface area contributed by atoms with Crippen molar-refractivity contribution >= 4 is 0 Å². The summed E-state index contributed by atoms with van der Waals surface area (Å²) in [6.07, 6.45) is 18.6. The van der Waals surface area contributed by atoms with Crippen molar-refractivity contribution in [3.63, 3.8) is 0 Å². The summed E-state index contributed by atoms with van der Waals surface area (Å²) in [6.45, 7) is 14.6. The lowest BCUT2D eigenvalue weighted by atomic mass is 10.00. The second-order valence-electron chi connectivity index (χ2n) is 7.79. The lowest BCUT2D eigenvalue weighted by Gasteiger charge is -2.39. The number of rotatable bonds is 15. The van der Waals surface area contributed by atoms with Gasteiger partial charge in [-0.25, -0.2) is 0 Å². The summed E-state index contributed by atoms with van der Waals surface area (Å²) in [5, 5.41) is 0. The fraction of sp³-hybridized carbons (Fsp3) is 0.955. The Bertz CT molecular complexity index is 259. The van der Waals surface area contributed by atoms with Gasteiger partial charge in [-0.05, 0) is 26.3 Å². The van der Waals surface area contributed by atoms with Crippen LogP contribution in [0.2, 0.25) is 0 Å². The fourth-order valence-corrected chi connectivity index (χ4v) is 4.06. The molecule has 0 saturated carbocycles. The van der Waals surface area contributed by atoms with E-state index < -0.39 is 0 Å². The third-order valence-corrected chi connectivity index (χ3v) is 5.75. The first kappa shape index (κ1) is 22.0. The van der Waals surface area contributed by atoms with Crippen LogP contribution >= 0.6 is 0 Å². The molecule has 2 nitrogen and oxygen atoms in total. The molecule has 0 aromatic carbocycles. The van der Waals surface area contributed by atoms with Gasteiger partial charge in [0.15, 0.2) is 0 Å². The number of piperazine rings is 1. The van der Waals surface area contributed by atoms with Crippen molar-refractivity contribution < 1.29 is 0 Å². The average Bonchev–Trinajstić information content (AvgIpc) is 2.62. The summed E-state index contributed by atoms with van der Waals surface area (Å²) in [5.74, 6) is 0. The third-order valence-electron chi connectivity index (χ3n) is 5.75. The quantitative estimate of drug-likeness (QED) is 0.342. The second-order valence-corrected chi connectivity index (χ2v) is 7.79. The molecular formula is C22H45N2. The zero-order chi connectivity index (χ0) is 17.5. The largest absolute Gasteiger partial charge is 0.301 e. The molecule has 1 saturated heterocycles. The molecule has 1 aliphatic rings. The minimum atomic E-state index is 0.844. The topological polar surface area (TPSA) is 6.48 Å². The molecule has 0 spiro atoms. The van der Waals surface area contributed by atoms with Crippen molar-refractivity contribution in [2.24, 2.45) is 0 Å². The van der Waals surface area contributed by atoms with Crippen LogP contribution in [-0.2, 0) is 0 Å². The first-order chi connectivity index (χ1) is 11.8. The van der Waals surface area contributed by atoms with Crippen molar-refractivity contribution in [2.75, 3.05) is 32.7 Å². The molecule has 0 aromatic rings. The Balaban J connectivity index is 2.03. The summed E-state index contributed by atoms with van der Waals surface area (Å²) >= 11 is 0. The van der Waals surface area contributed by atoms with E-state index in [1.807, 2.05) is 0 Å². The predicted octanol–water partition coefficient (Wildman–Crippen LogP) is 5.92. The zero-order valence-corrected chi connectivity index (χ0v) is 16.9. The fourth-order valence-electron chi connectivity index (χ4n) is 4.06. The Kier molecular flexibility index (Phi) is 13.9. The third kappa shape index (κ3) is 10.0. The van der Waals surface area contributed by atoms with Gasteiger partial charge in [0.2, 0.25) is 0 Å². The van der Waals surface area contributed by atoms with Crippen LogP contribution in [0.4, 0.5) is 0 Å². The molecule has 1 atom stereocenters. The highest BCUT2D eigenvalue weighted by Gasteiger charge is 2.22. The molecule has 0 aliphatic carbocycles. The molecule has 2 heteroatoms. The molecule has 24 heavy (non-hydrogen) atoms. The van der Waals surface area contributed by atoms with Crippen molar-refractivity contribution in [2.45, 2.75) is 103 Å². The second kappa shape index (κ2) is 15.2. The summed E-state index contributed by atoms with van der Waals surface area (Å²) in [4.78, 5) is 5.25. The Morgan fingerprint density at radius 2 is 1.21 bits per heavy atom. The molecule has 1 rings (SSSR count). The van der Waals surface area contributed by atoms with E-state index in [0.717, 1.165) is 12.6 Å². The molecule has 1 radical (unpaired) electrons. The van der Waals surface area contributed by atoms with E-state index in [9.17, 15) is 0 Å². The van der Waals surface area contributed by atoms with Crippen molar-refractivity contribution in [3.05, 3.63) is 6.92 Å². The Morgan fingerprint density at radius 1 is 0.667 bits per heavy atom. The van der Waals surface area contributed by atoms with Crippen LogP contribution in [0.5, 0.6) is 0 Å². The lowest BCUT2D eigenvalue weighted by Crippen LogP contribution is -2.50. The molecule has 143 valence electrons. The van der Waals surface area contributed by atoms with Crippen LogP contribution in [0.15, 0.2) is 0 Å². The summed E-state index contributed by atoms with van der Waals surface area (Å²) < 4.78 is 0. The first-order valence-corrected chi connectivity index (χ1v) is 11.1. The van der Waals surface area contributed by atoms with Gasteiger partial charge in [-0.15, -0.1) is 0 Å². The molecule has 0 aromatic heterocycles. The van der Waals surface area contributed by atoms with Crippen molar-refractivity contribution in [1.29, 1.82) is 0 Å². The van der Waals surface area contributed by atoms with E-state index in [0.29, 0.717) is 0 Å². The SMILES string of the molecule is [CH2]CN1CCN(C(CCC)CCCCCCCCCCCC)CC1. The maximum atomic E-state index is 4.03. The average molecular weight is 338 g/mol. The van der Waals surface area contributed by atoms with E-state index in [-0.39, 0.29) is 0 Å². The van der Waals surface area contributed by atoms with Crippen LogP contribution < -0.4 is 0 Å². The molecule has 0 N–H and O–H groups in total. The standard InChI is InChI=1S/C22H45N2/c1-4-7-8-9-10-11-12-13-14-15-17-22(16-5-2)24-20-18-23(6-3)19-21-24/h22H,3-21H2,1-2H3. The minimum Gasteiger partial charge on any atom is -0.301 e.